The number of amides is 1. The van der Waals surface area contributed by atoms with Gasteiger partial charge in [-0.05, 0) is 36.6 Å². The quantitative estimate of drug-likeness (QED) is 0.819. The van der Waals surface area contributed by atoms with Gasteiger partial charge in [0.2, 0.25) is 11.9 Å². The van der Waals surface area contributed by atoms with Crippen LogP contribution in [0, 0.1) is 5.92 Å². The predicted octanol–water partition coefficient (Wildman–Crippen LogP) is 3.37. The van der Waals surface area contributed by atoms with Crippen LogP contribution >= 0.6 is 0 Å². The first-order valence-corrected chi connectivity index (χ1v) is 8.77. The lowest BCUT2D eigenvalue weighted by atomic mass is 9.96. The molecule has 1 unspecified atom stereocenters. The van der Waals surface area contributed by atoms with Gasteiger partial charge in [0.25, 0.3) is 0 Å². The van der Waals surface area contributed by atoms with Gasteiger partial charge >= 0.3 is 6.18 Å². The van der Waals surface area contributed by atoms with E-state index < -0.39 is 11.7 Å². The van der Waals surface area contributed by atoms with Crippen LogP contribution in [0.15, 0.2) is 42.7 Å². The Labute approximate surface area is 155 Å². The third-order valence-electron chi connectivity index (χ3n) is 4.68. The maximum atomic E-state index is 12.8. The molecule has 144 valence electrons. The summed E-state index contributed by atoms with van der Waals surface area (Å²) >= 11 is 0. The number of rotatable bonds is 4. The van der Waals surface area contributed by atoms with Crippen LogP contribution in [0.3, 0.4) is 0 Å². The van der Waals surface area contributed by atoms with E-state index in [1.54, 1.807) is 30.4 Å². The molecule has 2 heterocycles. The van der Waals surface area contributed by atoms with Crippen LogP contribution < -0.4 is 4.90 Å². The summed E-state index contributed by atoms with van der Waals surface area (Å²) in [6.07, 6.45) is 0.628. The van der Waals surface area contributed by atoms with Crippen molar-refractivity contribution in [1.82, 2.24) is 14.9 Å². The summed E-state index contributed by atoms with van der Waals surface area (Å²) in [7, 11) is 1.68. The minimum absolute atomic E-state index is 0.0180. The van der Waals surface area contributed by atoms with Crippen LogP contribution in [0.5, 0.6) is 0 Å². The minimum atomic E-state index is -4.36. The average molecular weight is 378 g/mol. The Morgan fingerprint density at radius 2 is 1.89 bits per heavy atom. The lowest BCUT2D eigenvalue weighted by molar-refractivity contribution is -0.138. The molecule has 0 aliphatic carbocycles. The summed E-state index contributed by atoms with van der Waals surface area (Å²) in [6, 6.07) is 6.66. The first-order valence-electron chi connectivity index (χ1n) is 8.77. The topological polar surface area (TPSA) is 49.3 Å². The molecule has 1 aromatic carbocycles. The molecule has 5 nitrogen and oxygen atoms in total. The fourth-order valence-electron chi connectivity index (χ4n) is 3.28. The first kappa shape index (κ1) is 19.1. The number of hydrogen-bond donors (Lipinski definition) is 0. The van der Waals surface area contributed by atoms with E-state index in [1.807, 2.05) is 4.90 Å². The molecule has 27 heavy (non-hydrogen) atoms. The van der Waals surface area contributed by atoms with Crippen molar-refractivity contribution in [3.63, 3.8) is 0 Å². The fraction of sp³-hybridized carbons (Fsp3) is 0.421. The molecule has 0 radical (unpaired) electrons. The predicted molar refractivity (Wildman–Crippen MR) is 94.9 cm³/mol. The number of alkyl halides is 3. The highest BCUT2D eigenvalue weighted by Crippen LogP contribution is 2.29. The zero-order valence-electron chi connectivity index (χ0n) is 15.0. The Bertz CT molecular complexity index is 765. The molecule has 1 aliphatic rings. The molecule has 2 aromatic rings. The van der Waals surface area contributed by atoms with E-state index in [0.29, 0.717) is 18.1 Å². The Hall–Kier alpha value is -2.64. The first-order chi connectivity index (χ1) is 12.8. The van der Waals surface area contributed by atoms with Gasteiger partial charge in [-0.1, -0.05) is 12.1 Å². The number of nitrogens with zero attached hydrogens (tertiary/aromatic N) is 4. The van der Waals surface area contributed by atoms with E-state index in [-0.39, 0.29) is 18.4 Å². The van der Waals surface area contributed by atoms with Gasteiger partial charge in [0.15, 0.2) is 0 Å². The summed E-state index contributed by atoms with van der Waals surface area (Å²) in [6.45, 7) is 1.62. The maximum absolute atomic E-state index is 12.8. The van der Waals surface area contributed by atoms with Gasteiger partial charge in [-0.15, -0.1) is 0 Å². The molecule has 0 spiro atoms. The fourth-order valence-corrected chi connectivity index (χ4v) is 3.28. The molecule has 1 fully saturated rings. The summed E-state index contributed by atoms with van der Waals surface area (Å²) in [5.74, 6) is 0.415. The van der Waals surface area contributed by atoms with Crippen LogP contribution in [0.1, 0.15) is 24.0 Å². The van der Waals surface area contributed by atoms with Gasteiger partial charge in [0, 0.05) is 39.1 Å². The highest BCUT2D eigenvalue weighted by Gasteiger charge is 2.31. The molecule has 1 aromatic heterocycles. The van der Waals surface area contributed by atoms with E-state index in [9.17, 15) is 18.0 Å². The molecule has 1 atom stereocenters. The second-order valence-corrected chi connectivity index (χ2v) is 6.72. The van der Waals surface area contributed by atoms with Gasteiger partial charge in [0.1, 0.15) is 0 Å². The second kappa shape index (κ2) is 7.94. The molecule has 1 aliphatic heterocycles. The third kappa shape index (κ3) is 4.75. The zero-order valence-corrected chi connectivity index (χ0v) is 15.0. The molecular weight excluding hydrogens is 357 g/mol. The Balaban J connectivity index is 1.61. The van der Waals surface area contributed by atoms with E-state index >= 15 is 0 Å². The Kier molecular flexibility index (Phi) is 5.62. The largest absolute Gasteiger partial charge is 0.416 e. The number of hydrogen-bond acceptors (Lipinski definition) is 4. The molecule has 0 N–H and O–H groups in total. The summed E-state index contributed by atoms with van der Waals surface area (Å²) < 4.78 is 38.0. The molecule has 1 amide bonds. The maximum Gasteiger partial charge on any atom is 0.416 e. The second-order valence-electron chi connectivity index (χ2n) is 6.72. The summed E-state index contributed by atoms with van der Waals surface area (Å²) in [4.78, 5) is 24.8. The van der Waals surface area contributed by atoms with Crippen LogP contribution in [0.4, 0.5) is 19.1 Å². The normalized spacial score (nSPS) is 17.6. The van der Waals surface area contributed by atoms with Crippen molar-refractivity contribution in [2.45, 2.75) is 25.6 Å². The van der Waals surface area contributed by atoms with Gasteiger partial charge in [0.05, 0.1) is 11.5 Å². The average Bonchev–Trinajstić information content (AvgIpc) is 2.68. The standard InChI is InChI=1S/C19H21F3N4O/c1-25(12-14-5-7-16(8-6-14)19(20,21)22)17(27)15-4-2-11-26(13-15)18-23-9-3-10-24-18/h3,5-10,15H,2,4,11-13H2,1H3. The van der Waals surface area contributed by atoms with Gasteiger partial charge < -0.3 is 9.80 Å². The van der Waals surface area contributed by atoms with Crippen molar-refractivity contribution in [2.24, 2.45) is 5.92 Å². The number of halogens is 3. The van der Waals surface area contributed by atoms with Crippen LogP contribution in [-0.4, -0.2) is 40.9 Å². The van der Waals surface area contributed by atoms with Crippen LogP contribution in [0.25, 0.3) is 0 Å². The molecule has 8 heteroatoms. The van der Waals surface area contributed by atoms with Gasteiger partial charge in [-0.3, -0.25) is 4.79 Å². The van der Waals surface area contributed by atoms with Crippen molar-refractivity contribution < 1.29 is 18.0 Å². The summed E-state index contributed by atoms with van der Waals surface area (Å²) in [5.41, 5.74) is -0.0241. The van der Waals surface area contributed by atoms with Crippen molar-refractivity contribution in [3.05, 3.63) is 53.9 Å². The summed E-state index contributed by atoms with van der Waals surface area (Å²) in [5, 5.41) is 0. The molecule has 3 rings (SSSR count). The smallest absolute Gasteiger partial charge is 0.341 e. The van der Waals surface area contributed by atoms with Crippen molar-refractivity contribution in [1.29, 1.82) is 0 Å². The van der Waals surface area contributed by atoms with Crippen molar-refractivity contribution >= 4 is 11.9 Å². The Morgan fingerprint density at radius 3 is 2.52 bits per heavy atom. The van der Waals surface area contributed by atoms with Crippen LogP contribution in [0.2, 0.25) is 0 Å². The number of anilines is 1. The SMILES string of the molecule is CN(Cc1ccc(C(F)(F)F)cc1)C(=O)C1CCCN(c2ncccn2)C1. The number of carbonyl (C=O) groups excluding carboxylic acids is 1. The lowest BCUT2D eigenvalue weighted by Gasteiger charge is -2.34. The molecule has 1 saturated heterocycles. The monoisotopic (exact) mass is 378 g/mol. The zero-order chi connectivity index (χ0) is 19.4. The van der Waals surface area contributed by atoms with E-state index in [2.05, 4.69) is 9.97 Å². The van der Waals surface area contributed by atoms with Crippen molar-refractivity contribution in [3.8, 4) is 0 Å². The number of piperidine rings is 1. The van der Waals surface area contributed by atoms with Crippen LogP contribution in [-0.2, 0) is 17.5 Å². The number of aromatic nitrogens is 2. The molecule has 0 bridgehead atoms. The molecular formula is C19H21F3N4O. The number of carbonyl (C=O) groups is 1. The Morgan fingerprint density at radius 1 is 1.22 bits per heavy atom. The third-order valence-corrected chi connectivity index (χ3v) is 4.68. The number of benzene rings is 1. The highest BCUT2D eigenvalue weighted by molar-refractivity contribution is 5.79. The minimum Gasteiger partial charge on any atom is -0.341 e. The van der Waals surface area contributed by atoms with E-state index in [1.165, 1.54) is 12.1 Å². The van der Waals surface area contributed by atoms with E-state index in [0.717, 1.165) is 31.5 Å². The van der Waals surface area contributed by atoms with Gasteiger partial charge in [-0.25, -0.2) is 9.97 Å². The molecule has 0 saturated carbocycles. The van der Waals surface area contributed by atoms with Gasteiger partial charge in [-0.2, -0.15) is 13.2 Å². The highest BCUT2D eigenvalue weighted by atomic mass is 19.4. The van der Waals surface area contributed by atoms with Crippen molar-refractivity contribution in [2.75, 3.05) is 25.0 Å². The lowest BCUT2D eigenvalue weighted by Crippen LogP contribution is -2.44. The van der Waals surface area contributed by atoms with E-state index in [4.69, 9.17) is 0 Å².